The van der Waals surface area contributed by atoms with Gasteiger partial charge in [0.15, 0.2) is 11.5 Å². The Balaban J connectivity index is 1.33. The largest absolute Gasteiger partial charge is 0.342 e. The molecule has 1 saturated heterocycles. The SMILES string of the molecule is CCCc1noc(-c2cn(C3CCN(C(=O)Cc4cccc(C)c4)CC3)nn2)n1. The molecule has 1 amide bonds. The average Bonchev–Trinajstić information content (AvgIpc) is 3.38. The zero-order valence-electron chi connectivity index (χ0n) is 16.9. The van der Waals surface area contributed by atoms with Crippen molar-refractivity contribution in [2.45, 2.75) is 52.0 Å². The van der Waals surface area contributed by atoms with E-state index in [2.05, 4.69) is 33.4 Å². The van der Waals surface area contributed by atoms with Crippen LogP contribution < -0.4 is 0 Å². The van der Waals surface area contributed by atoms with E-state index < -0.39 is 0 Å². The number of aromatic nitrogens is 5. The molecule has 0 atom stereocenters. The van der Waals surface area contributed by atoms with Gasteiger partial charge in [-0.2, -0.15) is 4.98 Å². The first-order chi connectivity index (χ1) is 14.1. The Morgan fingerprint density at radius 2 is 2.10 bits per heavy atom. The molecule has 1 aromatic carbocycles. The number of likely N-dealkylation sites (tertiary alicyclic amines) is 1. The molecule has 3 aromatic rings. The number of hydrogen-bond acceptors (Lipinski definition) is 6. The summed E-state index contributed by atoms with van der Waals surface area (Å²) in [6.07, 6.45) is 5.77. The number of amides is 1. The third kappa shape index (κ3) is 4.52. The molecule has 0 unspecified atom stereocenters. The van der Waals surface area contributed by atoms with Gasteiger partial charge in [0, 0.05) is 19.5 Å². The minimum absolute atomic E-state index is 0.183. The number of nitrogens with zero attached hydrogens (tertiary/aromatic N) is 6. The predicted molar refractivity (Wildman–Crippen MR) is 107 cm³/mol. The van der Waals surface area contributed by atoms with Gasteiger partial charge in [-0.05, 0) is 31.7 Å². The number of carbonyl (C=O) groups is 1. The fourth-order valence-corrected chi connectivity index (χ4v) is 3.72. The van der Waals surface area contributed by atoms with Gasteiger partial charge in [0.05, 0.1) is 18.7 Å². The smallest absolute Gasteiger partial charge is 0.280 e. The first-order valence-electron chi connectivity index (χ1n) is 10.2. The summed E-state index contributed by atoms with van der Waals surface area (Å²) in [7, 11) is 0. The van der Waals surface area contributed by atoms with Gasteiger partial charge in [-0.3, -0.25) is 4.79 Å². The molecule has 0 spiro atoms. The van der Waals surface area contributed by atoms with E-state index in [9.17, 15) is 4.79 Å². The van der Waals surface area contributed by atoms with Crippen molar-refractivity contribution in [3.05, 3.63) is 47.4 Å². The molecule has 1 aliphatic rings. The molecule has 2 aromatic heterocycles. The zero-order chi connectivity index (χ0) is 20.2. The number of aryl methyl sites for hydroxylation is 2. The van der Waals surface area contributed by atoms with Crippen molar-refractivity contribution < 1.29 is 9.32 Å². The van der Waals surface area contributed by atoms with Gasteiger partial charge >= 0.3 is 0 Å². The van der Waals surface area contributed by atoms with Crippen LogP contribution in [-0.2, 0) is 17.6 Å². The average molecular weight is 394 g/mol. The number of benzene rings is 1. The van der Waals surface area contributed by atoms with Crippen LogP contribution in [0.1, 0.15) is 49.2 Å². The van der Waals surface area contributed by atoms with E-state index in [1.807, 2.05) is 40.9 Å². The molecule has 0 saturated carbocycles. The van der Waals surface area contributed by atoms with Crippen molar-refractivity contribution in [1.82, 2.24) is 30.0 Å². The van der Waals surface area contributed by atoms with Crippen molar-refractivity contribution in [2.24, 2.45) is 0 Å². The second-order valence-electron chi connectivity index (χ2n) is 7.63. The molecular weight excluding hydrogens is 368 g/mol. The van der Waals surface area contributed by atoms with Crippen LogP contribution in [0.4, 0.5) is 0 Å². The van der Waals surface area contributed by atoms with E-state index in [1.54, 1.807) is 0 Å². The summed E-state index contributed by atoms with van der Waals surface area (Å²) >= 11 is 0. The molecule has 8 heteroatoms. The molecule has 0 N–H and O–H groups in total. The fraction of sp³-hybridized carbons (Fsp3) is 0.476. The monoisotopic (exact) mass is 394 g/mol. The Bertz CT molecular complexity index is 971. The molecule has 29 heavy (non-hydrogen) atoms. The lowest BCUT2D eigenvalue weighted by Gasteiger charge is -2.32. The highest BCUT2D eigenvalue weighted by Crippen LogP contribution is 2.24. The van der Waals surface area contributed by atoms with Crippen molar-refractivity contribution in [3.63, 3.8) is 0 Å². The molecular formula is C21H26N6O2. The normalized spacial score (nSPS) is 15.0. The molecule has 152 valence electrons. The van der Waals surface area contributed by atoms with Crippen molar-refractivity contribution in [2.75, 3.05) is 13.1 Å². The molecule has 3 heterocycles. The Morgan fingerprint density at radius 1 is 1.28 bits per heavy atom. The summed E-state index contributed by atoms with van der Waals surface area (Å²) < 4.78 is 7.15. The highest BCUT2D eigenvalue weighted by atomic mass is 16.5. The molecule has 0 bridgehead atoms. The Labute approximate surface area is 169 Å². The van der Waals surface area contributed by atoms with Crippen molar-refractivity contribution >= 4 is 5.91 Å². The minimum atomic E-state index is 0.183. The quantitative estimate of drug-likeness (QED) is 0.638. The van der Waals surface area contributed by atoms with Crippen LogP contribution in [0, 0.1) is 6.92 Å². The van der Waals surface area contributed by atoms with E-state index in [4.69, 9.17) is 4.52 Å². The van der Waals surface area contributed by atoms with Crippen molar-refractivity contribution in [3.8, 4) is 11.6 Å². The number of piperidine rings is 1. The number of carbonyl (C=O) groups excluding carboxylic acids is 1. The topological polar surface area (TPSA) is 89.9 Å². The number of rotatable bonds is 6. The summed E-state index contributed by atoms with van der Waals surface area (Å²) in [6.45, 7) is 5.58. The second kappa shape index (κ2) is 8.55. The molecule has 1 aliphatic heterocycles. The molecule has 1 fully saturated rings. The first kappa shape index (κ1) is 19.3. The lowest BCUT2D eigenvalue weighted by molar-refractivity contribution is -0.131. The van der Waals surface area contributed by atoms with Crippen LogP contribution >= 0.6 is 0 Å². The van der Waals surface area contributed by atoms with Crippen LogP contribution in [0.5, 0.6) is 0 Å². The molecule has 8 nitrogen and oxygen atoms in total. The molecule has 0 aliphatic carbocycles. The van der Waals surface area contributed by atoms with Crippen LogP contribution in [0.3, 0.4) is 0 Å². The summed E-state index contributed by atoms with van der Waals surface area (Å²) in [4.78, 5) is 18.9. The molecule has 4 rings (SSSR count). The Morgan fingerprint density at radius 3 is 2.86 bits per heavy atom. The Kier molecular flexibility index (Phi) is 5.69. The summed E-state index contributed by atoms with van der Waals surface area (Å²) in [5, 5.41) is 12.4. The van der Waals surface area contributed by atoms with Gasteiger partial charge in [-0.25, -0.2) is 4.68 Å². The van der Waals surface area contributed by atoms with Gasteiger partial charge in [0.2, 0.25) is 5.91 Å². The summed E-state index contributed by atoms with van der Waals surface area (Å²) in [6, 6.07) is 8.35. The lowest BCUT2D eigenvalue weighted by atomic mass is 10.0. The van der Waals surface area contributed by atoms with E-state index >= 15 is 0 Å². The predicted octanol–water partition coefficient (Wildman–Crippen LogP) is 3.00. The van der Waals surface area contributed by atoms with E-state index in [-0.39, 0.29) is 11.9 Å². The fourth-order valence-electron chi connectivity index (χ4n) is 3.72. The third-order valence-electron chi connectivity index (χ3n) is 5.30. The molecule has 0 radical (unpaired) electrons. The zero-order valence-corrected chi connectivity index (χ0v) is 16.9. The maximum Gasteiger partial charge on any atom is 0.280 e. The van der Waals surface area contributed by atoms with Gasteiger partial charge < -0.3 is 9.42 Å². The van der Waals surface area contributed by atoms with Gasteiger partial charge in [-0.1, -0.05) is 47.1 Å². The summed E-state index contributed by atoms with van der Waals surface area (Å²) in [5.74, 6) is 1.28. The van der Waals surface area contributed by atoms with Crippen LogP contribution in [0.25, 0.3) is 11.6 Å². The van der Waals surface area contributed by atoms with E-state index in [1.165, 1.54) is 5.56 Å². The third-order valence-corrected chi connectivity index (χ3v) is 5.30. The van der Waals surface area contributed by atoms with Crippen LogP contribution in [0.15, 0.2) is 35.0 Å². The van der Waals surface area contributed by atoms with Crippen molar-refractivity contribution in [1.29, 1.82) is 0 Å². The number of hydrogen-bond donors (Lipinski definition) is 0. The standard InChI is InChI=1S/C21H26N6O2/c1-3-5-19-22-21(29-24-19)18-14-27(25-23-18)17-8-10-26(11-9-17)20(28)13-16-7-4-6-15(2)12-16/h4,6-7,12,14,17H,3,5,8-11,13H2,1-2H3. The van der Waals surface area contributed by atoms with Gasteiger partial charge in [0.25, 0.3) is 5.89 Å². The highest BCUT2D eigenvalue weighted by Gasteiger charge is 2.25. The second-order valence-corrected chi connectivity index (χ2v) is 7.63. The highest BCUT2D eigenvalue weighted by molar-refractivity contribution is 5.78. The minimum Gasteiger partial charge on any atom is -0.342 e. The Hall–Kier alpha value is -3.03. The maximum absolute atomic E-state index is 12.6. The van der Waals surface area contributed by atoms with Crippen LogP contribution in [0.2, 0.25) is 0 Å². The lowest BCUT2D eigenvalue weighted by Crippen LogP contribution is -2.40. The maximum atomic E-state index is 12.6. The van der Waals surface area contributed by atoms with Gasteiger partial charge in [0.1, 0.15) is 0 Å². The first-order valence-corrected chi connectivity index (χ1v) is 10.2. The van der Waals surface area contributed by atoms with E-state index in [0.717, 1.165) is 44.3 Å². The summed E-state index contributed by atoms with van der Waals surface area (Å²) in [5.41, 5.74) is 2.84. The van der Waals surface area contributed by atoms with E-state index in [0.29, 0.717) is 23.8 Å². The van der Waals surface area contributed by atoms with Crippen LogP contribution in [-0.4, -0.2) is 49.0 Å². The van der Waals surface area contributed by atoms with Gasteiger partial charge in [-0.15, -0.1) is 5.10 Å².